The van der Waals surface area contributed by atoms with Gasteiger partial charge >= 0.3 is 0 Å². The van der Waals surface area contributed by atoms with Gasteiger partial charge in [-0.25, -0.2) is 0 Å². The molecule has 0 spiro atoms. The maximum absolute atomic E-state index is 13.1. The van der Waals surface area contributed by atoms with Crippen LogP contribution in [-0.4, -0.2) is 44.1 Å². The van der Waals surface area contributed by atoms with Crippen molar-refractivity contribution in [2.24, 2.45) is 5.92 Å². The zero-order valence-electron chi connectivity index (χ0n) is 17.6. The Balaban J connectivity index is 2.39. The predicted molar refractivity (Wildman–Crippen MR) is 112 cm³/mol. The van der Waals surface area contributed by atoms with Gasteiger partial charge in [-0.3, -0.25) is 9.59 Å². The third kappa shape index (κ3) is 6.32. The van der Waals surface area contributed by atoms with Gasteiger partial charge in [-0.1, -0.05) is 56.3 Å². The molecule has 0 saturated carbocycles. The van der Waals surface area contributed by atoms with E-state index < -0.39 is 6.04 Å². The van der Waals surface area contributed by atoms with Crippen molar-refractivity contribution in [1.82, 2.24) is 10.2 Å². The summed E-state index contributed by atoms with van der Waals surface area (Å²) in [7, 11) is 3.19. The fraction of sp³-hybridized carbons (Fsp3) is 0.391. The van der Waals surface area contributed by atoms with Gasteiger partial charge in [-0.15, -0.1) is 0 Å². The highest BCUT2D eigenvalue weighted by Gasteiger charge is 2.32. The van der Waals surface area contributed by atoms with Crippen molar-refractivity contribution >= 4 is 11.8 Å². The van der Waals surface area contributed by atoms with Crippen molar-refractivity contribution in [2.75, 3.05) is 27.4 Å². The molecule has 1 N–H and O–H groups in total. The summed E-state index contributed by atoms with van der Waals surface area (Å²) in [5.74, 6) is 0.186. The number of ether oxygens (including phenoxy) is 2. The molecule has 0 radical (unpaired) electrons. The fourth-order valence-corrected chi connectivity index (χ4v) is 3.04. The summed E-state index contributed by atoms with van der Waals surface area (Å²) in [4.78, 5) is 27.9. The molecule has 6 heteroatoms. The highest BCUT2D eigenvalue weighted by molar-refractivity contribution is 5.89. The molecule has 29 heavy (non-hydrogen) atoms. The van der Waals surface area contributed by atoms with E-state index in [1.807, 2.05) is 68.4 Å². The van der Waals surface area contributed by atoms with Gasteiger partial charge in [-0.05, 0) is 23.3 Å². The Labute approximate surface area is 172 Å². The number of carbonyl (C=O) groups excluding carboxylic acids is 2. The minimum atomic E-state index is -0.731. The zero-order valence-corrected chi connectivity index (χ0v) is 17.6. The number of carbonyl (C=O) groups is 2. The second-order valence-corrected chi connectivity index (χ2v) is 7.07. The zero-order chi connectivity index (χ0) is 21.2. The van der Waals surface area contributed by atoms with E-state index >= 15 is 0 Å². The third-order valence-electron chi connectivity index (χ3n) is 4.57. The second kappa shape index (κ2) is 11.2. The molecule has 6 nitrogen and oxygen atoms in total. The predicted octanol–water partition coefficient (Wildman–Crippen LogP) is 3.18. The van der Waals surface area contributed by atoms with Crippen molar-refractivity contribution in [2.45, 2.75) is 26.4 Å². The fourth-order valence-electron chi connectivity index (χ4n) is 3.04. The number of benzene rings is 2. The van der Waals surface area contributed by atoms with Crippen LogP contribution in [0.3, 0.4) is 0 Å². The molecule has 0 fully saturated rings. The summed E-state index contributed by atoms with van der Waals surface area (Å²) < 4.78 is 10.2. The van der Waals surface area contributed by atoms with Gasteiger partial charge in [0.25, 0.3) is 0 Å². The van der Waals surface area contributed by atoms with Crippen molar-refractivity contribution in [3.63, 3.8) is 0 Å². The molecule has 0 aliphatic rings. The molecule has 2 rings (SSSR count). The van der Waals surface area contributed by atoms with Gasteiger partial charge in [0.1, 0.15) is 11.8 Å². The summed E-state index contributed by atoms with van der Waals surface area (Å²) in [5, 5.41) is 2.88. The minimum Gasteiger partial charge on any atom is -0.497 e. The van der Waals surface area contributed by atoms with Gasteiger partial charge < -0.3 is 19.7 Å². The average Bonchev–Trinajstić information content (AvgIpc) is 2.74. The van der Waals surface area contributed by atoms with Crippen LogP contribution in [0.15, 0.2) is 54.6 Å². The number of hydrogen-bond acceptors (Lipinski definition) is 4. The summed E-state index contributed by atoms with van der Waals surface area (Å²) in [6, 6.07) is 16.2. The Morgan fingerprint density at radius 3 is 2.21 bits per heavy atom. The Hall–Kier alpha value is -2.86. The molecule has 2 aromatic rings. The molecular weight excluding hydrogens is 368 g/mol. The molecule has 0 aliphatic carbocycles. The highest BCUT2D eigenvalue weighted by atomic mass is 16.5. The Morgan fingerprint density at radius 2 is 1.66 bits per heavy atom. The molecule has 0 saturated heterocycles. The van der Waals surface area contributed by atoms with E-state index in [1.54, 1.807) is 19.1 Å². The van der Waals surface area contributed by atoms with Gasteiger partial charge in [0.05, 0.1) is 13.7 Å². The number of amides is 2. The van der Waals surface area contributed by atoms with Crippen LogP contribution in [0.2, 0.25) is 0 Å². The first kappa shape index (κ1) is 22.4. The lowest BCUT2D eigenvalue weighted by molar-refractivity contribution is -0.144. The molecule has 0 bridgehead atoms. The van der Waals surface area contributed by atoms with Gasteiger partial charge in [0, 0.05) is 26.1 Å². The largest absolute Gasteiger partial charge is 0.497 e. The van der Waals surface area contributed by atoms with Crippen LogP contribution in [0, 0.1) is 5.92 Å². The lowest BCUT2D eigenvalue weighted by Crippen LogP contribution is -2.45. The van der Waals surface area contributed by atoms with E-state index in [0.29, 0.717) is 19.7 Å². The van der Waals surface area contributed by atoms with Crippen LogP contribution in [0.5, 0.6) is 5.75 Å². The van der Waals surface area contributed by atoms with Crippen LogP contribution in [0.1, 0.15) is 31.0 Å². The summed E-state index contributed by atoms with van der Waals surface area (Å²) in [6.07, 6.45) is 0. The lowest BCUT2D eigenvalue weighted by atomic mass is 10.0. The van der Waals surface area contributed by atoms with Gasteiger partial charge in [-0.2, -0.15) is 0 Å². The van der Waals surface area contributed by atoms with Crippen molar-refractivity contribution in [3.8, 4) is 5.75 Å². The average molecular weight is 399 g/mol. The van der Waals surface area contributed by atoms with Crippen LogP contribution in [-0.2, 0) is 20.9 Å². The number of rotatable bonds is 10. The molecule has 0 heterocycles. The van der Waals surface area contributed by atoms with E-state index in [0.717, 1.165) is 16.9 Å². The quantitative estimate of drug-likeness (QED) is 0.624. The van der Waals surface area contributed by atoms with Gasteiger partial charge in [0.15, 0.2) is 0 Å². The lowest BCUT2D eigenvalue weighted by Gasteiger charge is -2.33. The summed E-state index contributed by atoms with van der Waals surface area (Å²) >= 11 is 0. The molecule has 2 amide bonds. The Morgan fingerprint density at radius 1 is 1.00 bits per heavy atom. The molecule has 1 unspecified atom stereocenters. The second-order valence-electron chi connectivity index (χ2n) is 7.07. The SMILES string of the molecule is COCCNC(=O)C(c1ccccc1)N(Cc1ccc(OC)cc1)C(=O)C(C)C. The number of methoxy groups -OCH3 is 2. The van der Waals surface area contributed by atoms with Crippen LogP contribution < -0.4 is 10.1 Å². The van der Waals surface area contributed by atoms with Crippen LogP contribution in [0.25, 0.3) is 0 Å². The van der Waals surface area contributed by atoms with E-state index in [4.69, 9.17) is 9.47 Å². The highest BCUT2D eigenvalue weighted by Crippen LogP contribution is 2.26. The van der Waals surface area contributed by atoms with E-state index in [9.17, 15) is 9.59 Å². The molecular formula is C23H30N2O4. The van der Waals surface area contributed by atoms with Crippen LogP contribution in [0.4, 0.5) is 0 Å². The first-order valence-electron chi connectivity index (χ1n) is 9.73. The van der Waals surface area contributed by atoms with E-state index in [1.165, 1.54) is 0 Å². The maximum Gasteiger partial charge on any atom is 0.247 e. The van der Waals surface area contributed by atoms with Crippen molar-refractivity contribution < 1.29 is 19.1 Å². The van der Waals surface area contributed by atoms with E-state index in [2.05, 4.69) is 5.32 Å². The molecule has 0 aromatic heterocycles. The topological polar surface area (TPSA) is 67.9 Å². The molecule has 2 aromatic carbocycles. The first-order chi connectivity index (χ1) is 14.0. The number of nitrogens with zero attached hydrogens (tertiary/aromatic N) is 1. The summed E-state index contributed by atoms with van der Waals surface area (Å²) in [5.41, 5.74) is 1.69. The number of hydrogen-bond donors (Lipinski definition) is 1. The smallest absolute Gasteiger partial charge is 0.247 e. The Kier molecular flexibility index (Phi) is 8.68. The third-order valence-corrected chi connectivity index (χ3v) is 4.57. The Bertz CT molecular complexity index is 775. The van der Waals surface area contributed by atoms with Crippen molar-refractivity contribution in [3.05, 3.63) is 65.7 Å². The normalized spacial score (nSPS) is 11.8. The maximum atomic E-state index is 13.1. The van der Waals surface area contributed by atoms with Crippen LogP contribution >= 0.6 is 0 Å². The molecule has 1 atom stereocenters. The van der Waals surface area contributed by atoms with E-state index in [-0.39, 0.29) is 17.7 Å². The monoisotopic (exact) mass is 398 g/mol. The molecule has 156 valence electrons. The number of nitrogens with one attached hydrogen (secondary N) is 1. The summed E-state index contributed by atoms with van der Waals surface area (Å²) in [6.45, 7) is 4.79. The minimum absolute atomic E-state index is 0.0865. The molecule has 0 aliphatic heterocycles. The standard InChI is InChI=1S/C23H30N2O4/c1-17(2)23(27)25(16-18-10-12-20(29-4)13-11-18)21(19-8-6-5-7-9-19)22(26)24-14-15-28-3/h5-13,17,21H,14-16H2,1-4H3,(H,24,26). The first-order valence-corrected chi connectivity index (χ1v) is 9.73. The van der Waals surface area contributed by atoms with Gasteiger partial charge in [0.2, 0.25) is 11.8 Å². The van der Waals surface area contributed by atoms with Crippen molar-refractivity contribution in [1.29, 1.82) is 0 Å².